The molecule has 31 heavy (non-hydrogen) atoms. The van der Waals surface area contributed by atoms with Crippen LogP contribution in [0, 0.1) is 0 Å². The lowest BCUT2D eigenvalue weighted by Gasteiger charge is -2.13. The molecule has 8 nitrogen and oxygen atoms in total. The van der Waals surface area contributed by atoms with E-state index in [1.165, 1.54) is 17.5 Å². The average molecular weight is 435 g/mol. The first-order valence-corrected chi connectivity index (χ1v) is 10.4. The largest absolute Gasteiger partial charge is 0.497 e. The zero-order chi connectivity index (χ0) is 21.8. The van der Waals surface area contributed by atoms with E-state index in [0.717, 1.165) is 17.0 Å². The number of para-hydroxylation sites is 1. The molecule has 2 aromatic heterocycles. The molecule has 4 aromatic rings. The number of benzene rings is 2. The number of nitrogens with zero attached hydrogens (tertiary/aromatic N) is 3. The monoisotopic (exact) mass is 434 g/mol. The maximum atomic E-state index is 12.7. The number of methoxy groups -OCH3 is 1. The second-order valence-electron chi connectivity index (χ2n) is 6.84. The lowest BCUT2D eigenvalue weighted by Crippen LogP contribution is -2.12. The van der Waals surface area contributed by atoms with E-state index in [1.54, 1.807) is 18.0 Å². The van der Waals surface area contributed by atoms with E-state index in [9.17, 15) is 4.79 Å². The van der Waals surface area contributed by atoms with Gasteiger partial charge in [-0.05, 0) is 36.8 Å². The number of aromatic nitrogens is 3. The maximum absolute atomic E-state index is 12.7. The molecule has 158 valence electrons. The summed E-state index contributed by atoms with van der Waals surface area (Å²) in [4.78, 5) is 17.4. The van der Waals surface area contributed by atoms with Crippen molar-refractivity contribution in [2.75, 3.05) is 23.5 Å². The van der Waals surface area contributed by atoms with Crippen molar-refractivity contribution in [3.63, 3.8) is 0 Å². The van der Waals surface area contributed by atoms with E-state index in [-0.39, 0.29) is 11.9 Å². The average Bonchev–Trinajstić information content (AvgIpc) is 3.41. The van der Waals surface area contributed by atoms with Gasteiger partial charge in [-0.2, -0.15) is 0 Å². The summed E-state index contributed by atoms with van der Waals surface area (Å²) in [5, 5.41) is 11.1. The molecule has 0 bridgehead atoms. The Balaban J connectivity index is 1.42. The Labute approximate surface area is 183 Å². The molecule has 1 unspecified atom stereocenters. The third kappa shape index (κ3) is 4.67. The van der Waals surface area contributed by atoms with Gasteiger partial charge >= 0.3 is 0 Å². The highest BCUT2D eigenvalue weighted by molar-refractivity contribution is 7.17. The summed E-state index contributed by atoms with van der Waals surface area (Å²) in [7, 11) is 1.64. The van der Waals surface area contributed by atoms with E-state index >= 15 is 0 Å². The molecule has 2 heterocycles. The minimum Gasteiger partial charge on any atom is -0.497 e. The van der Waals surface area contributed by atoms with Gasteiger partial charge in [0, 0.05) is 0 Å². The van der Waals surface area contributed by atoms with Crippen LogP contribution in [0.2, 0.25) is 0 Å². The minimum absolute atomic E-state index is 0.0187. The molecule has 0 fully saturated rings. The minimum atomic E-state index is -0.312. The van der Waals surface area contributed by atoms with Crippen LogP contribution >= 0.6 is 11.3 Å². The smallest absolute Gasteiger partial charge is 0.268 e. The molecule has 0 aliphatic heterocycles. The van der Waals surface area contributed by atoms with E-state index < -0.39 is 0 Å². The number of anilines is 3. The van der Waals surface area contributed by atoms with Crippen LogP contribution in [-0.4, -0.2) is 27.8 Å². The highest BCUT2D eigenvalue weighted by Crippen LogP contribution is 2.26. The van der Waals surface area contributed by atoms with Gasteiger partial charge in [0.15, 0.2) is 10.9 Å². The van der Waals surface area contributed by atoms with Crippen LogP contribution in [0.3, 0.4) is 0 Å². The van der Waals surface area contributed by atoms with Gasteiger partial charge in [-0.3, -0.25) is 4.79 Å². The number of thiazole rings is 1. The lowest BCUT2D eigenvalue weighted by atomic mass is 10.1. The highest BCUT2D eigenvalue weighted by Gasteiger charge is 2.16. The Kier molecular flexibility index (Phi) is 5.85. The molecule has 0 aliphatic rings. The van der Waals surface area contributed by atoms with Crippen LogP contribution in [0.4, 0.5) is 16.6 Å². The van der Waals surface area contributed by atoms with Crippen molar-refractivity contribution < 1.29 is 9.53 Å². The predicted octanol–water partition coefficient (Wildman–Crippen LogP) is 4.35. The van der Waals surface area contributed by atoms with E-state index in [4.69, 9.17) is 10.5 Å². The quantitative estimate of drug-likeness (QED) is 0.399. The first-order valence-electron chi connectivity index (χ1n) is 9.61. The number of rotatable bonds is 7. The number of hydrogen-bond donors (Lipinski definition) is 3. The van der Waals surface area contributed by atoms with Gasteiger partial charge < -0.3 is 21.1 Å². The number of ether oxygens (including phenoxy) is 1. The number of nitrogens with two attached hydrogens (primary N) is 1. The maximum Gasteiger partial charge on any atom is 0.268 e. The Hall–Kier alpha value is -3.85. The van der Waals surface area contributed by atoms with Crippen molar-refractivity contribution in [2.24, 2.45) is 0 Å². The Morgan fingerprint density at radius 2 is 1.90 bits per heavy atom. The summed E-state index contributed by atoms with van der Waals surface area (Å²) in [6.07, 6.45) is 3.20. The number of amides is 1. The van der Waals surface area contributed by atoms with Gasteiger partial charge in [-0.25, -0.2) is 9.67 Å². The summed E-state index contributed by atoms with van der Waals surface area (Å²) < 4.78 is 6.82. The van der Waals surface area contributed by atoms with Gasteiger partial charge in [-0.1, -0.05) is 41.7 Å². The van der Waals surface area contributed by atoms with Gasteiger partial charge in [0.25, 0.3) is 5.91 Å². The van der Waals surface area contributed by atoms with Crippen molar-refractivity contribution >= 4 is 33.9 Å². The number of carbonyl (C=O) groups is 1. The second kappa shape index (κ2) is 8.88. The molecule has 0 radical (unpaired) electrons. The normalized spacial score (nSPS) is 11.7. The van der Waals surface area contributed by atoms with Gasteiger partial charge in [0.05, 0.1) is 36.9 Å². The van der Waals surface area contributed by atoms with E-state index in [2.05, 4.69) is 20.7 Å². The lowest BCUT2D eigenvalue weighted by molar-refractivity contribution is 0.103. The fourth-order valence-corrected chi connectivity index (χ4v) is 3.77. The van der Waals surface area contributed by atoms with Crippen LogP contribution in [0.5, 0.6) is 5.75 Å². The fourth-order valence-electron chi connectivity index (χ4n) is 2.97. The van der Waals surface area contributed by atoms with E-state index in [0.29, 0.717) is 21.5 Å². The van der Waals surface area contributed by atoms with Crippen LogP contribution < -0.4 is 21.1 Å². The Bertz CT molecular complexity index is 1170. The summed E-state index contributed by atoms with van der Waals surface area (Å²) in [6.45, 7) is 2.03. The van der Waals surface area contributed by atoms with Crippen molar-refractivity contribution in [1.82, 2.24) is 14.8 Å². The van der Waals surface area contributed by atoms with Crippen LogP contribution in [0.25, 0.3) is 5.69 Å². The van der Waals surface area contributed by atoms with Crippen molar-refractivity contribution in [3.8, 4) is 11.4 Å². The zero-order valence-corrected chi connectivity index (χ0v) is 17.9. The molecule has 2 aromatic carbocycles. The third-order valence-electron chi connectivity index (χ3n) is 4.68. The highest BCUT2D eigenvalue weighted by atomic mass is 32.1. The van der Waals surface area contributed by atoms with Crippen LogP contribution in [0.15, 0.2) is 67.0 Å². The number of carbonyl (C=O) groups excluding carboxylic acids is 1. The summed E-state index contributed by atoms with van der Waals surface area (Å²) >= 11 is 1.27. The second-order valence-corrected chi connectivity index (χ2v) is 7.87. The molecular formula is C22H22N6O2S. The molecule has 0 saturated carbocycles. The molecule has 0 saturated heterocycles. The molecule has 1 atom stereocenters. The van der Waals surface area contributed by atoms with Gasteiger partial charge in [0.1, 0.15) is 10.6 Å². The molecule has 4 N–H and O–H groups in total. The SMILES string of the molecule is COc1ccc(C(C)Nc2ncc(C(=O)Nc3nn(-c4ccccc4)cc3N)s2)cc1. The van der Waals surface area contributed by atoms with Crippen LogP contribution in [0.1, 0.15) is 28.2 Å². The molecule has 0 spiro atoms. The van der Waals surface area contributed by atoms with Gasteiger partial charge in [-0.15, -0.1) is 5.10 Å². The number of nitrogens with one attached hydrogen (secondary N) is 2. The number of nitrogen functional groups attached to an aromatic ring is 1. The summed E-state index contributed by atoms with van der Waals surface area (Å²) in [6, 6.07) is 17.4. The topological polar surface area (TPSA) is 107 Å². The van der Waals surface area contributed by atoms with Crippen molar-refractivity contribution in [1.29, 1.82) is 0 Å². The fraction of sp³-hybridized carbons (Fsp3) is 0.136. The first kappa shape index (κ1) is 20.4. The Morgan fingerprint density at radius 3 is 2.61 bits per heavy atom. The zero-order valence-electron chi connectivity index (χ0n) is 17.1. The van der Waals surface area contributed by atoms with Crippen molar-refractivity contribution in [2.45, 2.75) is 13.0 Å². The molecule has 1 amide bonds. The Morgan fingerprint density at radius 1 is 1.16 bits per heavy atom. The molecule has 4 rings (SSSR count). The summed E-state index contributed by atoms with van der Waals surface area (Å²) in [5.41, 5.74) is 8.35. The molecule has 0 aliphatic carbocycles. The standard InChI is InChI=1S/C22H22N6O2S/c1-14(15-8-10-17(30-2)11-9-15)25-22-24-12-19(31-22)21(29)26-20-18(23)13-28(27-20)16-6-4-3-5-7-16/h3-14H,23H2,1-2H3,(H,24,25)(H,26,27,29). The first-order chi connectivity index (χ1) is 15.0. The number of hydrogen-bond acceptors (Lipinski definition) is 7. The van der Waals surface area contributed by atoms with Gasteiger partial charge in [0.2, 0.25) is 0 Å². The van der Waals surface area contributed by atoms with E-state index in [1.807, 2.05) is 61.5 Å². The molecule has 9 heteroatoms. The molecular weight excluding hydrogens is 412 g/mol. The third-order valence-corrected chi connectivity index (χ3v) is 5.61. The summed E-state index contributed by atoms with van der Waals surface area (Å²) in [5.74, 6) is 0.800. The van der Waals surface area contributed by atoms with Crippen LogP contribution in [-0.2, 0) is 0 Å². The predicted molar refractivity (Wildman–Crippen MR) is 123 cm³/mol. The van der Waals surface area contributed by atoms with Crippen molar-refractivity contribution in [3.05, 3.63) is 77.4 Å².